The molecule has 108 valence electrons. The minimum absolute atomic E-state index is 0.0376. The Hall–Kier alpha value is -2.15. The largest absolute Gasteiger partial charge is 0.481 e. The number of aliphatic carboxylic acids is 1. The fourth-order valence-electron chi connectivity index (χ4n) is 2.15. The highest BCUT2D eigenvalue weighted by molar-refractivity contribution is 5.90. The third-order valence-electron chi connectivity index (χ3n) is 3.10. The normalized spacial score (nSPS) is 18.6. The van der Waals surface area contributed by atoms with Crippen LogP contribution in [0.2, 0.25) is 0 Å². The molecule has 0 amide bonds. The number of carboxylic acids is 1. The lowest BCUT2D eigenvalue weighted by Gasteiger charge is -2.35. The summed E-state index contributed by atoms with van der Waals surface area (Å²) in [6.07, 6.45) is 1.47. The number of morpholine rings is 1. The van der Waals surface area contributed by atoms with Crippen LogP contribution in [-0.4, -0.2) is 54.9 Å². The zero-order chi connectivity index (χ0) is 14.5. The highest BCUT2D eigenvalue weighted by Gasteiger charge is 2.26. The molecule has 1 atom stereocenters. The lowest BCUT2D eigenvalue weighted by atomic mass is 10.1. The van der Waals surface area contributed by atoms with Gasteiger partial charge in [0.2, 0.25) is 0 Å². The van der Waals surface area contributed by atoms with Gasteiger partial charge in [0.25, 0.3) is 0 Å². The maximum absolute atomic E-state index is 11.5. The summed E-state index contributed by atoms with van der Waals surface area (Å²) in [5.41, 5.74) is 0.387. The van der Waals surface area contributed by atoms with Gasteiger partial charge in [0.15, 0.2) is 0 Å². The first-order valence-electron chi connectivity index (χ1n) is 6.22. The Morgan fingerprint density at radius 3 is 3.10 bits per heavy atom. The number of hydrogen-bond acceptors (Lipinski definition) is 6. The van der Waals surface area contributed by atoms with Gasteiger partial charge < -0.3 is 19.5 Å². The van der Waals surface area contributed by atoms with Crippen molar-refractivity contribution in [3.05, 3.63) is 23.9 Å². The number of methoxy groups -OCH3 is 1. The van der Waals surface area contributed by atoms with Gasteiger partial charge in [0.05, 0.1) is 38.3 Å². The number of nitrogens with zero attached hydrogens (tertiary/aromatic N) is 2. The molecular formula is C13H16N2O5. The molecule has 1 aromatic heterocycles. The molecule has 1 saturated heterocycles. The third-order valence-corrected chi connectivity index (χ3v) is 3.10. The summed E-state index contributed by atoms with van der Waals surface area (Å²) in [6.45, 7) is 1.37. The van der Waals surface area contributed by atoms with Crippen molar-refractivity contribution in [3.8, 4) is 0 Å². The van der Waals surface area contributed by atoms with Crippen molar-refractivity contribution >= 4 is 17.8 Å². The van der Waals surface area contributed by atoms with Crippen LogP contribution >= 0.6 is 0 Å². The van der Waals surface area contributed by atoms with Crippen molar-refractivity contribution in [1.29, 1.82) is 0 Å². The summed E-state index contributed by atoms with van der Waals surface area (Å²) < 4.78 is 9.98. The van der Waals surface area contributed by atoms with E-state index in [0.29, 0.717) is 31.1 Å². The van der Waals surface area contributed by atoms with E-state index in [1.165, 1.54) is 13.3 Å². The molecule has 1 aromatic rings. The van der Waals surface area contributed by atoms with Crippen molar-refractivity contribution in [3.63, 3.8) is 0 Å². The van der Waals surface area contributed by atoms with Crippen LogP contribution in [-0.2, 0) is 14.3 Å². The molecule has 1 aliphatic rings. The van der Waals surface area contributed by atoms with Crippen LogP contribution in [0.25, 0.3) is 0 Å². The first kappa shape index (κ1) is 14.3. The Kier molecular flexibility index (Phi) is 4.52. The number of anilines is 1. The van der Waals surface area contributed by atoms with Gasteiger partial charge in [-0.2, -0.15) is 0 Å². The monoisotopic (exact) mass is 280 g/mol. The Morgan fingerprint density at radius 2 is 2.40 bits per heavy atom. The lowest BCUT2D eigenvalue weighted by Crippen LogP contribution is -2.47. The van der Waals surface area contributed by atoms with Gasteiger partial charge in [-0.3, -0.25) is 4.79 Å². The van der Waals surface area contributed by atoms with Gasteiger partial charge in [-0.25, -0.2) is 9.78 Å². The van der Waals surface area contributed by atoms with Crippen molar-refractivity contribution < 1.29 is 24.2 Å². The van der Waals surface area contributed by atoms with Crippen molar-refractivity contribution in [2.75, 3.05) is 31.8 Å². The molecule has 1 aliphatic heterocycles. The summed E-state index contributed by atoms with van der Waals surface area (Å²) in [7, 11) is 1.31. The van der Waals surface area contributed by atoms with E-state index in [1.54, 1.807) is 12.1 Å². The SMILES string of the molecule is COC(=O)c1ccnc(N2CCOCC2CC(=O)O)c1. The molecule has 0 saturated carbocycles. The smallest absolute Gasteiger partial charge is 0.338 e. The quantitative estimate of drug-likeness (QED) is 0.805. The molecule has 2 heterocycles. The number of hydrogen-bond donors (Lipinski definition) is 1. The highest BCUT2D eigenvalue weighted by atomic mass is 16.5. The average molecular weight is 280 g/mol. The maximum atomic E-state index is 11.5. The van der Waals surface area contributed by atoms with Crippen molar-refractivity contribution in [2.45, 2.75) is 12.5 Å². The second-order valence-corrected chi connectivity index (χ2v) is 4.41. The standard InChI is InChI=1S/C13H16N2O5/c1-19-13(18)9-2-3-14-11(6-9)15-4-5-20-8-10(15)7-12(16)17/h2-3,6,10H,4-5,7-8H2,1H3,(H,16,17). The molecule has 0 aliphatic carbocycles. The number of ether oxygens (including phenoxy) is 2. The van der Waals surface area contributed by atoms with E-state index < -0.39 is 11.9 Å². The van der Waals surface area contributed by atoms with Gasteiger partial charge >= 0.3 is 11.9 Å². The highest BCUT2D eigenvalue weighted by Crippen LogP contribution is 2.20. The topological polar surface area (TPSA) is 89.0 Å². The van der Waals surface area contributed by atoms with E-state index in [4.69, 9.17) is 9.84 Å². The van der Waals surface area contributed by atoms with Gasteiger partial charge in [-0.15, -0.1) is 0 Å². The minimum atomic E-state index is -0.894. The van der Waals surface area contributed by atoms with Crippen LogP contribution in [0.4, 0.5) is 5.82 Å². The Labute approximate surface area is 116 Å². The van der Waals surface area contributed by atoms with Crippen LogP contribution in [0, 0.1) is 0 Å². The third kappa shape index (κ3) is 3.24. The van der Waals surface area contributed by atoms with Gasteiger partial charge in [-0.1, -0.05) is 0 Å². The van der Waals surface area contributed by atoms with Gasteiger partial charge in [-0.05, 0) is 12.1 Å². The second-order valence-electron chi connectivity index (χ2n) is 4.41. The fourth-order valence-corrected chi connectivity index (χ4v) is 2.15. The first-order valence-corrected chi connectivity index (χ1v) is 6.22. The molecule has 0 aromatic carbocycles. The van der Waals surface area contributed by atoms with Crippen LogP contribution in [0.1, 0.15) is 16.8 Å². The molecule has 7 nitrogen and oxygen atoms in total. The molecule has 0 spiro atoms. The van der Waals surface area contributed by atoms with Crippen LogP contribution in [0.3, 0.4) is 0 Å². The van der Waals surface area contributed by atoms with Crippen molar-refractivity contribution in [2.24, 2.45) is 0 Å². The second kappa shape index (κ2) is 6.33. The minimum Gasteiger partial charge on any atom is -0.481 e. The number of carbonyl (C=O) groups excluding carboxylic acids is 1. The zero-order valence-electron chi connectivity index (χ0n) is 11.1. The van der Waals surface area contributed by atoms with E-state index in [2.05, 4.69) is 9.72 Å². The summed E-state index contributed by atoms with van der Waals surface area (Å²) in [5, 5.41) is 8.93. The van der Waals surface area contributed by atoms with Crippen LogP contribution in [0.5, 0.6) is 0 Å². The molecule has 7 heteroatoms. The predicted molar refractivity (Wildman–Crippen MR) is 69.8 cm³/mol. The molecule has 20 heavy (non-hydrogen) atoms. The zero-order valence-corrected chi connectivity index (χ0v) is 11.1. The lowest BCUT2D eigenvalue weighted by molar-refractivity contribution is -0.138. The Balaban J connectivity index is 2.23. The molecule has 2 rings (SSSR count). The number of carbonyl (C=O) groups is 2. The summed E-state index contributed by atoms with van der Waals surface area (Å²) in [5.74, 6) is -0.784. The summed E-state index contributed by atoms with van der Waals surface area (Å²) in [4.78, 5) is 28.5. The summed E-state index contributed by atoms with van der Waals surface area (Å²) >= 11 is 0. The van der Waals surface area contributed by atoms with E-state index in [0.717, 1.165) is 0 Å². The van der Waals surface area contributed by atoms with E-state index in [9.17, 15) is 9.59 Å². The first-order chi connectivity index (χ1) is 9.61. The van der Waals surface area contributed by atoms with E-state index >= 15 is 0 Å². The van der Waals surface area contributed by atoms with E-state index in [-0.39, 0.29) is 12.5 Å². The summed E-state index contributed by atoms with van der Waals surface area (Å²) in [6, 6.07) is 2.87. The maximum Gasteiger partial charge on any atom is 0.338 e. The predicted octanol–water partition coefficient (Wildman–Crippen LogP) is 0.548. The van der Waals surface area contributed by atoms with Crippen LogP contribution in [0.15, 0.2) is 18.3 Å². The molecule has 0 radical (unpaired) electrons. The van der Waals surface area contributed by atoms with Gasteiger partial charge in [0, 0.05) is 12.7 Å². The van der Waals surface area contributed by atoms with E-state index in [1.807, 2.05) is 4.90 Å². The fraction of sp³-hybridized carbons (Fsp3) is 0.462. The Bertz CT molecular complexity index is 505. The molecular weight excluding hydrogens is 264 g/mol. The molecule has 1 unspecified atom stereocenters. The number of aromatic nitrogens is 1. The Morgan fingerprint density at radius 1 is 1.60 bits per heavy atom. The van der Waals surface area contributed by atoms with Gasteiger partial charge in [0.1, 0.15) is 5.82 Å². The number of rotatable bonds is 4. The number of carboxylic acid groups (broad SMARTS) is 1. The number of pyridine rings is 1. The van der Waals surface area contributed by atoms with Crippen molar-refractivity contribution in [1.82, 2.24) is 4.98 Å². The average Bonchev–Trinajstić information content (AvgIpc) is 2.46. The molecule has 0 bridgehead atoms. The number of esters is 1. The molecule has 1 fully saturated rings. The molecule has 1 N–H and O–H groups in total. The van der Waals surface area contributed by atoms with Crippen LogP contribution < -0.4 is 4.90 Å².